The summed E-state index contributed by atoms with van der Waals surface area (Å²) in [6.45, 7) is 2.57. The van der Waals surface area contributed by atoms with Crippen molar-refractivity contribution >= 4 is 17.5 Å². The summed E-state index contributed by atoms with van der Waals surface area (Å²) in [5, 5.41) is 7.63. The first-order chi connectivity index (χ1) is 14.8. The summed E-state index contributed by atoms with van der Waals surface area (Å²) >= 11 is 5.90. The van der Waals surface area contributed by atoms with Gasteiger partial charge in [-0.15, -0.1) is 0 Å². The minimum absolute atomic E-state index is 0.147. The molecule has 1 aromatic heterocycles. The molecule has 1 N–H and O–H groups in total. The fourth-order valence-corrected chi connectivity index (χ4v) is 3.71. The fraction of sp³-hybridized carbons (Fsp3) is 0.273. The molecule has 0 aliphatic carbocycles. The SMILES string of the molecule is O=C(c1cc(-c2ccc(Cl)cc2)n[nH]1)N1CCN(Cc2cccc(C(F)(F)F)c2)CC1. The van der Waals surface area contributed by atoms with Crippen molar-refractivity contribution in [2.24, 2.45) is 0 Å². The number of alkyl halides is 3. The number of nitrogens with zero attached hydrogens (tertiary/aromatic N) is 3. The molecule has 1 aliphatic heterocycles. The molecule has 4 rings (SSSR count). The molecule has 2 heterocycles. The van der Waals surface area contributed by atoms with Gasteiger partial charge in [-0.1, -0.05) is 41.9 Å². The molecule has 0 bridgehead atoms. The van der Waals surface area contributed by atoms with Gasteiger partial charge in [-0.2, -0.15) is 18.3 Å². The van der Waals surface area contributed by atoms with Crippen molar-refractivity contribution in [3.8, 4) is 11.3 Å². The topological polar surface area (TPSA) is 52.2 Å². The molecular weight excluding hydrogens is 429 g/mol. The van der Waals surface area contributed by atoms with Crippen LogP contribution in [-0.2, 0) is 12.7 Å². The van der Waals surface area contributed by atoms with Crippen molar-refractivity contribution in [3.05, 3.63) is 76.4 Å². The first-order valence-electron chi connectivity index (χ1n) is 9.79. The van der Waals surface area contributed by atoms with Crippen LogP contribution in [-0.4, -0.2) is 52.1 Å². The van der Waals surface area contributed by atoms with E-state index in [1.54, 1.807) is 29.2 Å². The number of H-pyrrole nitrogens is 1. The van der Waals surface area contributed by atoms with E-state index >= 15 is 0 Å². The van der Waals surface area contributed by atoms with Crippen molar-refractivity contribution < 1.29 is 18.0 Å². The lowest BCUT2D eigenvalue weighted by Gasteiger charge is -2.34. The van der Waals surface area contributed by atoms with Crippen molar-refractivity contribution in [1.82, 2.24) is 20.0 Å². The van der Waals surface area contributed by atoms with Crippen molar-refractivity contribution in [3.63, 3.8) is 0 Å². The van der Waals surface area contributed by atoms with Gasteiger partial charge in [-0.3, -0.25) is 14.8 Å². The van der Waals surface area contributed by atoms with Gasteiger partial charge in [0, 0.05) is 43.3 Å². The third-order valence-corrected chi connectivity index (χ3v) is 5.52. The Bertz CT molecular complexity index is 1060. The summed E-state index contributed by atoms with van der Waals surface area (Å²) in [5.74, 6) is -0.147. The monoisotopic (exact) mass is 448 g/mol. The van der Waals surface area contributed by atoms with E-state index < -0.39 is 11.7 Å². The smallest absolute Gasteiger partial charge is 0.335 e. The number of hydrogen-bond acceptors (Lipinski definition) is 3. The average molecular weight is 449 g/mol. The second kappa shape index (κ2) is 8.72. The van der Waals surface area contributed by atoms with Crippen molar-refractivity contribution in [2.75, 3.05) is 26.2 Å². The highest BCUT2D eigenvalue weighted by molar-refractivity contribution is 6.30. The Labute approximate surface area is 182 Å². The number of carbonyl (C=O) groups is 1. The maximum atomic E-state index is 12.9. The largest absolute Gasteiger partial charge is 0.416 e. The maximum Gasteiger partial charge on any atom is 0.416 e. The second-order valence-corrected chi connectivity index (χ2v) is 7.88. The Kier molecular flexibility index (Phi) is 6.02. The first kappa shape index (κ1) is 21.4. The molecule has 9 heteroatoms. The van der Waals surface area contributed by atoms with Crippen molar-refractivity contribution in [2.45, 2.75) is 12.7 Å². The number of carbonyl (C=O) groups excluding carboxylic acids is 1. The molecule has 2 aromatic carbocycles. The highest BCUT2D eigenvalue weighted by Gasteiger charge is 2.30. The first-order valence-corrected chi connectivity index (χ1v) is 10.2. The van der Waals surface area contributed by atoms with Crippen LogP contribution in [0.25, 0.3) is 11.3 Å². The van der Waals surface area contributed by atoms with Gasteiger partial charge in [0.05, 0.1) is 11.3 Å². The number of aromatic nitrogens is 2. The van der Waals surface area contributed by atoms with E-state index in [4.69, 9.17) is 11.6 Å². The summed E-state index contributed by atoms with van der Waals surface area (Å²) in [4.78, 5) is 16.6. The molecule has 162 valence electrons. The number of rotatable bonds is 4. The van der Waals surface area contributed by atoms with Gasteiger partial charge in [-0.05, 0) is 29.8 Å². The zero-order chi connectivity index (χ0) is 22.0. The molecule has 31 heavy (non-hydrogen) atoms. The summed E-state index contributed by atoms with van der Waals surface area (Å²) in [6, 6.07) is 14.3. The van der Waals surface area contributed by atoms with Gasteiger partial charge in [0.15, 0.2) is 0 Å². The zero-order valence-corrected chi connectivity index (χ0v) is 17.2. The highest BCUT2D eigenvalue weighted by Crippen LogP contribution is 2.30. The molecule has 0 radical (unpaired) electrons. The van der Waals surface area contributed by atoms with Crippen LogP contribution in [0.4, 0.5) is 13.2 Å². The van der Waals surface area contributed by atoms with Gasteiger partial charge in [0.1, 0.15) is 5.69 Å². The number of amides is 1. The van der Waals surface area contributed by atoms with Crippen LogP contribution in [0.3, 0.4) is 0 Å². The fourth-order valence-electron chi connectivity index (χ4n) is 3.58. The van der Waals surface area contributed by atoms with Gasteiger partial charge in [0.2, 0.25) is 0 Å². The van der Waals surface area contributed by atoms with Crippen LogP contribution in [0.5, 0.6) is 0 Å². The van der Waals surface area contributed by atoms with Gasteiger partial charge < -0.3 is 4.90 Å². The Morgan fingerprint density at radius 1 is 1.03 bits per heavy atom. The molecule has 0 atom stereocenters. The lowest BCUT2D eigenvalue weighted by molar-refractivity contribution is -0.137. The van der Waals surface area contributed by atoms with Crippen LogP contribution in [0.15, 0.2) is 54.6 Å². The maximum absolute atomic E-state index is 12.9. The van der Waals surface area contributed by atoms with E-state index in [0.29, 0.717) is 54.7 Å². The Morgan fingerprint density at radius 3 is 2.42 bits per heavy atom. The normalized spacial score (nSPS) is 15.3. The van der Waals surface area contributed by atoms with Crippen molar-refractivity contribution in [1.29, 1.82) is 0 Å². The minimum Gasteiger partial charge on any atom is -0.335 e. The number of nitrogens with one attached hydrogen (secondary N) is 1. The second-order valence-electron chi connectivity index (χ2n) is 7.44. The molecule has 1 fully saturated rings. The Hall–Kier alpha value is -2.84. The molecule has 3 aromatic rings. The number of piperazine rings is 1. The molecule has 0 saturated carbocycles. The summed E-state index contributed by atoms with van der Waals surface area (Å²) in [6.07, 6.45) is -4.35. The summed E-state index contributed by atoms with van der Waals surface area (Å²) < 4.78 is 38.7. The van der Waals surface area contributed by atoms with Gasteiger partial charge in [0.25, 0.3) is 5.91 Å². The molecule has 5 nitrogen and oxygen atoms in total. The lowest BCUT2D eigenvalue weighted by atomic mass is 10.1. The Morgan fingerprint density at radius 2 is 1.74 bits per heavy atom. The average Bonchev–Trinajstić information content (AvgIpc) is 3.24. The third-order valence-electron chi connectivity index (χ3n) is 5.27. The van der Waals surface area contributed by atoms with E-state index in [0.717, 1.165) is 11.6 Å². The molecule has 1 amide bonds. The van der Waals surface area contributed by atoms with Crippen LogP contribution in [0.1, 0.15) is 21.6 Å². The minimum atomic E-state index is -4.35. The highest BCUT2D eigenvalue weighted by atomic mass is 35.5. The van der Waals surface area contributed by atoms with Gasteiger partial charge >= 0.3 is 6.18 Å². The third kappa shape index (κ3) is 5.08. The standard InChI is InChI=1S/C22H20ClF3N4O/c23-18-6-4-16(5-7-18)19-13-20(28-27-19)21(31)30-10-8-29(9-11-30)14-15-2-1-3-17(12-15)22(24,25)26/h1-7,12-13H,8-11,14H2,(H,27,28). The van der Waals surface area contributed by atoms with E-state index in [1.165, 1.54) is 12.1 Å². The molecular formula is C22H20ClF3N4O. The molecule has 0 spiro atoms. The lowest BCUT2D eigenvalue weighted by Crippen LogP contribution is -2.48. The van der Waals surface area contributed by atoms with Crippen LogP contribution >= 0.6 is 11.6 Å². The van der Waals surface area contributed by atoms with Crippen LogP contribution in [0.2, 0.25) is 5.02 Å². The molecule has 1 saturated heterocycles. The van der Waals surface area contributed by atoms with Crippen LogP contribution in [0, 0.1) is 0 Å². The predicted octanol–water partition coefficient (Wildman–Crippen LogP) is 4.71. The number of hydrogen-bond donors (Lipinski definition) is 1. The van der Waals surface area contributed by atoms with E-state index in [2.05, 4.69) is 10.2 Å². The predicted molar refractivity (Wildman–Crippen MR) is 112 cm³/mol. The Balaban J connectivity index is 1.35. The number of halogens is 4. The zero-order valence-electron chi connectivity index (χ0n) is 16.5. The van der Waals surface area contributed by atoms with Crippen LogP contribution < -0.4 is 0 Å². The summed E-state index contributed by atoms with van der Waals surface area (Å²) in [5.41, 5.74) is 1.87. The molecule has 0 unspecified atom stereocenters. The number of benzene rings is 2. The molecule has 1 aliphatic rings. The van der Waals surface area contributed by atoms with Gasteiger partial charge in [-0.25, -0.2) is 0 Å². The summed E-state index contributed by atoms with van der Waals surface area (Å²) in [7, 11) is 0. The quantitative estimate of drug-likeness (QED) is 0.629. The van der Waals surface area contributed by atoms with E-state index in [9.17, 15) is 18.0 Å². The number of aromatic amines is 1. The van der Waals surface area contributed by atoms with E-state index in [-0.39, 0.29) is 5.91 Å². The van der Waals surface area contributed by atoms with E-state index in [1.807, 2.05) is 17.0 Å².